The Morgan fingerprint density at radius 1 is 1.30 bits per heavy atom. The summed E-state index contributed by atoms with van der Waals surface area (Å²) in [7, 11) is 0. The predicted molar refractivity (Wildman–Crippen MR) is 68.6 cm³/mol. The van der Waals surface area contributed by atoms with Crippen LogP contribution in [0.25, 0.3) is 0 Å². The number of esters is 1. The van der Waals surface area contributed by atoms with E-state index in [2.05, 4.69) is 0 Å². The number of carbonyl (C=O) groups is 1. The molecule has 1 aromatic rings. The molecule has 1 unspecified atom stereocenters. The van der Waals surface area contributed by atoms with Gasteiger partial charge in [-0.05, 0) is 13.0 Å². The van der Waals surface area contributed by atoms with Gasteiger partial charge < -0.3 is 14.2 Å². The number of benzene rings is 1. The van der Waals surface area contributed by atoms with Crippen molar-refractivity contribution in [3.05, 3.63) is 27.8 Å². The summed E-state index contributed by atoms with van der Waals surface area (Å²) in [5.41, 5.74) is 0.131. The highest BCUT2D eigenvalue weighted by Crippen LogP contribution is 2.40. The highest BCUT2D eigenvalue weighted by molar-refractivity contribution is 5.72. The highest BCUT2D eigenvalue weighted by Gasteiger charge is 2.28. The average Bonchev–Trinajstić information content (AvgIpc) is 2.83. The van der Waals surface area contributed by atoms with Crippen molar-refractivity contribution in [3.63, 3.8) is 0 Å². The summed E-state index contributed by atoms with van der Waals surface area (Å²) in [6.07, 6.45) is -0.736. The number of nitrogens with zero attached hydrogens (tertiary/aromatic N) is 1. The topological polar surface area (TPSA) is 87.9 Å². The quantitative estimate of drug-likeness (QED) is 0.479. The molecule has 1 aliphatic rings. The number of fused-ring (bicyclic) bond motifs is 1. The van der Waals surface area contributed by atoms with Crippen LogP contribution in [0.1, 0.15) is 32.4 Å². The fourth-order valence-corrected chi connectivity index (χ4v) is 1.80. The second-order valence-corrected chi connectivity index (χ2v) is 4.76. The first-order valence-corrected chi connectivity index (χ1v) is 6.18. The van der Waals surface area contributed by atoms with Crippen LogP contribution in [0.3, 0.4) is 0 Å². The van der Waals surface area contributed by atoms with Gasteiger partial charge in [0, 0.05) is 0 Å². The zero-order chi connectivity index (χ0) is 14.9. The van der Waals surface area contributed by atoms with Crippen molar-refractivity contribution in [2.75, 3.05) is 6.79 Å². The molecule has 7 nitrogen and oxygen atoms in total. The molecule has 1 aliphatic heterocycles. The summed E-state index contributed by atoms with van der Waals surface area (Å²) in [6, 6.07) is 2.77. The van der Waals surface area contributed by atoms with Crippen molar-refractivity contribution >= 4 is 11.7 Å². The Hall–Kier alpha value is -2.31. The zero-order valence-corrected chi connectivity index (χ0v) is 11.4. The van der Waals surface area contributed by atoms with Crippen LogP contribution in [-0.2, 0) is 9.53 Å². The van der Waals surface area contributed by atoms with Gasteiger partial charge in [-0.2, -0.15) is 0 Å². The molecule has 0 fully saturated rings. The lowest BCUT2D eigenvalue weighted by atomic mass is 10.1. The third kappa shape index (κ3) is 2.66. The number of rotatable bonds is 4. The third-order valence-electron chi connectivity index (χ3n) is 2.92. The zero-order valence-electron chi connectivity index (χ0n) is 11.4. The average molecular weight is 281 g/mol. The number of nitro groups is 1. The van der Waals surface area contributed by atoms with E-state index in [9.17, 15) is 14.9 Å². The molecule has 1 heterocycles. The first-order valence-electron chi connectivity index (χ1n) is 6.18. The van der Waals surface area contributed by atoms with Gasteiger partial charge in [-0.25, -0.2) is 0 Å². The molecule has 0 aromatic heterocycles. The van der Waals surface area contributed by atoms with Crippen molar-refractivity contribution in [2.24, 2.45) is 5.92 Å². The number of carbonyl (C=O) groups excluding carboxylic acids is 1. The van der Waals surface area contributed by atoms with Crippen LogP contribution < -0.4 is 9.47 Å². The number of hydrogen-bond donors (Lipinski definition) is 0. The van der Waals surface area contributed by atoms with Crippen LogP contribution in [0.2, 0.25) is 0 Å². The van der Waals surface area contributed by atoms with Crippen LogP contribution in [0.15, 0.2) is 12.1 Å². The molecular weight excluding hydrogens is 266 g/mol. The number of nitro benzene ring substituents is 1. The smallest absolute Gasteiger partial charge is 0.308 e. The SMILES string of the molecule is CC(C)C(=O)OC(C)c1cc2c(cc1[N+](=O)[O-])OCO2. The molecule has 0 radical (unpaired) electrons. The second-order valence-electron chi connectivity index (χ2n) is 4.76. The Bertz CT molecular complexity index is 554. The molecule has 0 saturated heterocycles. The molecule has 20 heavy (non-hydrogen) atoms. The van der Waals surface area contributed by atoms with Crippen LogP contribution in [-0.4, -0.2) is 17.7 Å². The second kappa shape index (κ2) is 5.36. The molecule has 0 saturated carbocycles. The molecule has 0 N–H and O–H groups in total. The van der Waals surface area contributed by atoms with Crippen LogP contribution in [0, 0.1) is 16.0 Å². The van der Waals surface area contributed by atoms with E-state index in [0.717, 1.165) is 0 Å². The van der Waals surface area contributed by atoms with Gasteiger partial charge in [0.05, 0.1) is 22.5 Å². The standard InChI is InChI=1S/C13H15NO6/c1-7(2)13(15)20-8(3)9-4-11-12(19-6-18-11)5-10(9)14(16)17/h4-5,7-8H,6H2,1-3H3. The molecule has 7 heteroatoms. The molecular formula is C13H15NO6. The van der Waals surface area contributed by atoms with E-state index in [1.54, 1.807) is 20.8 Å². The summed E-state index contributed by atoms with van der Waals surface area (Å²) in [5.74, 6) is 0.0239. The molecule has 0 bridgehead atoms. The third-order valence-corrected chi connectivity index (χ3v) is 2.92. The minimum absolute atomic E-state index is 0.0239. The number of hydrogen-bond acceptors (Lipinski definition) is 6. The maximum Gasteiger partial charge on any atom is 0.308 e. The monoisotopic (exact) mass is 281 g/mol. The molecule has 0 spiro atoms. The van der Waals surface area contributed by atoms with Gasteiger partial charge in [-0.1, -0.05) is 13.8 Å². The lowest BCUT2D eigenvalue weighted by Gasteiger charge is -2.15. The highest BCUT2D eigenvalue weighted by atomic mass is 16.7. The Kier molecular flexibility index (Phi) is 3.78. The Labute approximate surface area is 115 Å². The normalized spacial score (nSPS) is 14.2. The van der Waals surface area contributed by atoms with Gasteiger partial charge in [0.1, 0.15) is 6.10 Å². The maximum absolute atomic E-state index is 11.6. The molecule has 2 rings (SSSR count). The van der Waals surface area contributed by atoms with Crippen molar-refractivity contribution in [2.45, 2.75) is 26.9 Å². The fourth-order valence-electron chi connectivity index (χ4n) is 1.80. The lowest BCUT2D eigenvalue weighted by Crippen LogP contribution is -2.15. The summed E-state index contributed by atoms with van der Waals surface area (Å²) in [4.78, 5) is 22.2. The minimum atomic E-state index is -0.736. The molecule has 108 valence electrons. The van der Waals surface area contributed by atoms with Crippen LogP contribution in [0.5, 0.6) is 11.5 Å². The van der Waals surface area contributed by atoms with Gasteiger partial charge >= 0.3 is 5.97 Å². The van der Waals surface area contributed by atoms with E-state index in [0.29, 0.717) is 11.5 Å². The van der Waals surface area contributed by atoms with Crippen molar-refractivity contribution in [1.29, 1.82) is 0 Å². The van der Waals surface area contributed by atoms with Crippen LogP contribution >= 0.6 is 0 Å². The van der Waals surface area contributed by atoms with E-state index in [4.69, 9.17) is 14.2 Å². The molecule has 1 atom stereocenters. The van der Waals surface area contributed by atoms with E-state index < -0.39 is 17.0 Å². The minimum Gasteiger partial charge on any atom is -0.457 e. The van der Waals surface area contributed by atoms with E-state index >= 15 is 0 Å². The van der Waals surface area contributed by atoms with Crippen LogP contribution in [0.4, 0.5) is 5.69 Å². The summed E-state index contributed by atoms with van der Waals surface area (Å²) >= 11 is 0. The lowest BCUT2D eigenvalue weighted by molar-refractivity contribution is -0.386. The summed E-state index contributed by atoms with van der Waals surface area (Å²) < 4.78 is 15.5. The summed E-state index contributed by atoms with van der Waals surface area (Å²) in [6.45, 7) is 5.01. The molecule has 0 amide bonds. The maximum atomic E-state index is 11.6. The molecule has 0 aliphatic carbocycles. The first kappa shape index (κ1) is 14.1. The van der Waals surface area contributed by atoms with E-state index in [-0.39, 0.29) is 24.0 Å². The van der Waals surface area contributed by atoms with Gasteiger partial charge in [-0.15, -0.1) is 0 Å². The van der Waals surface area contributed by atoms with Crippen molar-refractivity contribution in [3.8, 4) is 11.5 Å². The first-order chi connectivity index (χ1) is 9.40. The van der Waals surface area contributed by atoms with Crippen molar-refractivity contribution < 1.29 is 23.9 Å². The van der Waals surface area contributed by atoms with Crippen molar-refractivity contribution in [1.82, 2.24) is 0 Å². The van der Waals surface area contributed by atoms with E-state index in [1.807, 2.05) is 0 Å². The largest absolute Gasteiger partial charge is 0.457 e. The Balaban J connectivity index is 2.34. The summed E-state index contributed by atoms with van der Waals surface area (Å²) in [5, 5.41) is 11.1. The van der Waals surface area contributed by atoms with Gasteiger partial charge in [0.15, 0.2) is 11.5 Å². The van der Waals surface area contributed by atoms with Gasteiger partial charge in [0.2, 0.25) is 6.79 Å². The fraction of sp³-hybridized carbons (Fsp3) is 0.462. The predicted octanol–water partition coefficient (Wildman–Crippen LogP) is 2.58. The van der Waals surface area contributed by atoms with Gasteiger partial charge in [0.25, 0.3) is 5.69 Å². The van der Waals surface area contributed by atoms with E-state index in [1.165, 1.54) is 12.1 Å². The Morgan fingerprint density at radius 3 is 2.45 bits per heavy atom. The van der Waals surface area contributed by atoms with Gasteiger partial charge in [-0.3, -0.25) is 14.9 Å². The molecule has 1 aromatic carbocycles. The Morgan fingerprint density at radius 2 is 1.90 bits per heavy atom. The number of ether oxygens (including phenoxy) is 3.